The minimum atomic E-state index is 0.0621. The molecule has 1 amide bonds. The van der Waals surface area contributed by atoms with Gasteiger partial charge in [-0.25, -0.2) is 0 Å². The average Bonchev–Trinajstić information content (AvgIpc) is 2.38. The molecule has 2 unspecified atom stereocenters. The number of carbonyl (C=O) groups is 1. The topological polar surface area (TPSA) is 32.3 Å². The van der Waals surface area contributed by atoms with Crippen molar-refractivity contribution in [1.29, 1.82) is 0 Å². The average molecular weight is 351 g/mol. The number of benzene rings is 1. The summed E-state index contributed by atoms with van der Waals surface area (Å²) in [6, 6.07) is 7.49. The van der Waals surface area contributed by atoms with Crippen LogP contribution in [0.5, 0.6) is 0 Å². The maximum Gasteiger partial charge on any atom is 0.251 e. The number of hydrogen-bond donors (Lipinski definition) is 1. The molecule has 114 valence electrons. The zero-order valence-electron chi connectivity index (χ0n) is 12.7. The van der Waals surface area contributed by atoms with E-state index in [1.807, 2.05) is 25.1 Å². The number of nitrogens with one attached hydrogen (secondary N) is 1. The summed E-state index contributed by atoms with van der Waals surface area (Å²) in [6.07, 6.45) is 6.06. The molecule has 3 rings (SSSR count). The summed E-state index contributed by atoms with van der Waals surface area (Å²) in [4.78, 5) is 15.0. The second kappa shape index (κ2) is 6.09. The fourth-order valence-electron chi connectivity index (χ4n) is 3.87. The highest BCUT2D eigenvalue weighted by molar-refractivity contribution is 9.10. The monoisotopic (exact) mass is 350 g/mol. The van der Waals surface area contributed by atoms with Crippen LogP contribution in [0.4, 0.5) is 0 Å². The van der Waals surface area contributed by atoms with Gasteiger partial charge in [-0.2, -0.15) is 0 Å². The van der Waals surface area contributed by atoms with Gasteiger partial charge in [0, 0.05) is 28.2 Å². The van der Waals surface area contributed by atoms with Crippen molar-refractivity contribution in [2.75, 3.05) is 7.05 Å². The van der Waals surface area contributed by atoms with Crippen LogP contribution in [-0.4, -0.2) is 36.0 Å². The second-order valence-corrected chi connectivity index (χ2v) is 7.48. The molecule has 2 aliphatic rings. The molecule has 21 heavy (non-hydrogen) atoms. The van der Waals surface area contributed by atoms with Crippen LogP contribution in [0.15, 0.2) is 22.7 Å². The summed E-state index contributed by atoms with van der Waals surface area (Å²) < 4.78 is 0.966. The first-order valence-corrected chi connectivity index (χ1v) is 8.62. The van der Waals surface area contributed by atoms with Crippen molar-refractivity contribution >= 4 is 21.8 Å². The number of hydrogen-bond acceptors (Lipinski definition) is 2. The number of aryl methyl sites for hydroxylation is 1. The normalized spacial score (nSPS) is 29.2. The Balaban J connectivity index is 1.68. The molecule has 2 fully saturated rings. The van der Waals surface area contributed by atoms with Crippen molar-refractivity contribution in [1.82, 2.24) is 10.2 Å². The van der Waals surface area contributed by atoms with Crippen LogP contribution in [-0.2, 0) is 0 Å². The molecule has 0 saturated carbocycles. The van der Waals surface area contributed by atoms with Crippen LogP contribution >= 0.6 is 15.9 Å². The quantitative estimate of drug-likeness (QED) is 0.885. The zero-order chi connectivity index (χ0) is 15.0. The number of halogens is 1. The maximum absolute atomic E-state index is 12.5. The van der Waals surface area contributed by atoms with E-state index in [4.69, 9.17) is 0 Å². The van der Waals surface area contributed by atoms with Gasteiger partial charge < -0.3 is 10.2 Å². The van der Waals surface area contributed by atoms with Crippen molar-refractivity contribution in [3.63, 3.8) is 0 Å². The standard InChI is InChI=1S/C17H23BrN2O/c1-11-6-12(8-13(18)7-11)17(21)19-14-9-15-4-3-5-16(10-14)20(15)2/h6-8,14-16H,3-5,9-10H2,1-2H3,(H,19,21). The van der Waals surface area contributed by atoms with Gasteiger partial charge in [0.05, 0.1) is 0 Å². The highest BCUT2D eigenvalue weighted by Crippen LogP contribution is 2.32. The highest BCUT2D eigenvalue weighted by Gasteiger charge is 2.36. The van der Waals surface area contributed by atoms with Crippen molar-refractivity contribution < 1.29 is 4.79 Å². The predicted octanol–water partition coefficient (Wildman–Crippen LogP) is 3.50. The second-order valence-electron chi connectivity index (χ2n) is 6.56. The van der Waals surface area contributed by atoms with Crippen LogP contribution < -0.4 is 5.32 Å². The summed E-state index contributed by atoms with van der Waals surface area (Å²) in [7, 11) is 2.24. The maximum atomic E-state index is 12.5. The van der Waals surface area contributed by atoms with E-state index < -0.39 is 0 Å². The van der Waals surface area contributed by atoms with Crippen LogP contribution in [0.1, 0.15) is 48.0 Å². The number of amides is 1. The first kappa shape index (κ1) is 15.0. The molecule has 2 heterocycles. The number of fused-ring (bicyclic) bond motifs is 2. The molecule has 4 heteroatoms. The van der Waals surface area contributed by atoms with Crippen molar-refractivity contribution in [3.8, 4) is 0 Å². The predicted molar refractivity (Wildman–Crippen MR) is 88.6 cm³/mol. The summed E-state index contributed by atoms with van der Waals surface area (Å²) in [5.41, 5.74) is 1.86. The molecule has 1 aromatic carbocycles. The Morgan fingerprint density at radius 3 is 2.52 bits per heavy atom. The van der Waals surface area contributed by atoms with E-state index in [-0.39, 0.29) is 5.91 Å². The lowest BCUT2D eigenvalue weighted by atomic mass is 9.82. The van der Waals surface area contributed by atoms with Gasteiger partial charge in [0.15, 0.2) is 0 Å². The Labute approximate surface area is 135 Å². The van der Waals surface area contributed by atoms with E-state index in [2.05, 4.69) is 33.2 Å². The van der Waals surface area contributed by atoms with E-state index >= 15 is 0 Å². The van der Waals surface area contributed by atoms with Gasteiger partial charge in [0.1, 0.15) is 0 Å². The molecule has 2 bridgehead atoms. The third-order valence-electron chi connectivity index (χ3n) is 4.98. The van der Waals surface area contributed by atoms with Crippen LogP contribution in [0.3, 0.4) is 0 Å². The molecule has 2 saturated heterocycles. The molecule has 0 aromatic heterocycles. The summed E-state index contributed by atoms with van der Waals surface area (Å²) in [5, 5.41) is 3.25. The largest absolute Gasteiger partial charge is 0.349 e. The summed E-state index contributed by atoms with van der Waals surface area (Å²) >= 11 is 3.47. The first-order chi connectivity index (χ1) is 10.0. The lowest BCUT2D eigenvalue weighted by Crippen LogP contribution is -2.55. The van der Waals surface area contributed by atoms with E-state index in [1.54, 1.807) is 0 Å². The molecule has 2 aliphatic heterocycles. The van der Waals surface area contributed by atoms with E-state index in [0.717, 1.165) is 28.4 Å². The Kier molecular flexibility index (Phi) is 4.36. The van der Waals surface area contributed by atoms with Crippen molar-refractivity contribution in [2.45, 2.75) is 57.2 Å². The van der Waals surface area contributed by atoms with Crippen LogP contribution in [0, 0.1) is 6.92 Å². The number of rotatable bonds is 2. The minimum Gasteiger partial charge on any atom is -0.349 e. The summed E-state index contributed by atoms with van der Waals surface area (Å²) in [5.74, 6) is 0.0621. The molecule has 1 aromatic rings. The van der Waals surface area contributed by atoms with Crippen LogP contribution in [0.2, 0.25) is 0 Å². The van der Waals surface area contributed by atoms with Crippen molar-refractivity contribution in [2.24, 2.45) is 0 Å². The number of piperidine rings is 2. The fraction of sp³-hybridized carbons (Fsp3) is 0.588. The Morgan fingerprint density at radius 2 is 1.90 bits per heavy atom. The molecule has 1 N–H and O–H groups in total. The Bertz CT molecular complexity index is 511. The smallest absolute Gasteiger partial charge is 0.251 e. The number of carbonyl (C=O) groups excluding carboxylic acids is 1. The third kappa shape index (κ3) is 3.32. The Morgan fingerprint density at radius 1 is 1.24 bits per heavy atom. The van der Waals surface area contributed by atoms with Gasteiger partial charge in [-0.15, -0.1) is 0 Å². The molecule has 2 atom stereocenters. The highest BCUT2D eigenvalue weighted by atomic mass is 79.9. The SMILES string of the molecule is Cc1cc(Br)cc(C(=O)NC2CC3CCCC(C2)N3C)c1. The molecule has 0 spiro atoms. The van der Waals surface area contributed by atoms with Gasteiger partial charge in [0.25, 0.3) is 5.91 Å². The zero-order valence-corrected chi connectivity index (χ0v) is 14.3. The van der Waals surface area contributed by atoms with Gasteiger partial charge in [-0.1, -0.05) is 22.4 Å². The van der Waals surface area contributed by atoms with Gasteiger partial charge >= 0.3 is 0 Å². The van der Waals surface area contributed by atoms with Gasteiger partial charge in [-0.05, 0) is 63.4 Å². The Hall–Kier alpha value is -0.870. The number of nitrogens with zero attached hydrogens (tertiary/aromatic N) is 1. The minimum absolute atomic E-state index is 0.0621. The summed E-state index contributed by atoms with van der Waals surface area (Å²) in [6.45, 7) is 2.02. The molecular weight excluding hydrogens is 328 g/mol. The fourth-order valence-corrected chi connectivity index (χ4v) is 4.48. The first-order valence-electron chi connectivity index (χ1n) is 7.83. The van der Waals surface area contributed by atoms with Gasteiger partial charge in [0.2, 0.25) is 0 Å². The van der Waals surface area contributed by atoms with Gasteiger partial charge in [-0.3, -0.25) is 4.79 Å². The van der Waals surface area contributed by atoms with Crippen LogP contribution in [0.25, 0.3) is 0 Å². The third-order valence-corrected chi connectivity index (χ3v) is 5.44. The lowest BCUT2D eigenvalue weighted by Gasteiger charge is -2.47. The van der Waals surface area contributed by atoms with E-state index in [1.165, 1.54) is 19.3 Å². The van der Waals surface area contributed by atoms with E-state index in [0.29, 0.717) is 18.1 Å². The molecule has 0 aliphatic carbocycles. The van der Waals surface area contributed by atoms with Crippen molar-refractivity contribution in [3.05, 3.63) is 33.8 Å². The lowest BCUT2D eigenvalue weighted by molar-refractivity contribution is 0.0463. The molecule has 0 radical (unpaired) electrons. The molecule has 3 nitrogen and oxygen atoms in total. The van der Waals surface area contributed by atoms with E-state index in [9.17, 15) is 4.79 Å². The molecular formula is C17H23BrN2O.